The van der Waals surface area contributed by atoms with Crippen molar-refractivity contribution in [3.63, 3.8) is 0 Å². The Morgan fingerprint density at radius 1 is 0.706 bits per heavy atom. The van der Waals surface area contributed by atoms with Crippen LogP contribution >= 0.6 is 0 Å². The standard InChI is InChI=1S/C32H25NO/c1-33-30-20-12-11-19-29(30)31(26-17-9-4-10-18-26)23-27(25-15-7-3-8-16-25)28(32(31,33)34)22-21-24-13-5-2-6-14-24/h2-20,34H,23H2,1H3. The molecule has 34 heavy (non-hydrogen) atoms. The molecule has 0 radical (unpaired) electrons. The van der Waals surface area contributed by atoms with Crippen LogP contribution in [0.3, 0.4) is 0 Å². The van der Waals surface area contributed by atoms with Crippen molar-refractivity contribution in [3.05, 3.63) is 143 Å². The van der Waals surface area contributed by atoms with Gasteiger partial charge in [-0.05, 0) is 46.9 Å². The van der Waals surface area contributed by atoms with Gasteiger partial charge in [-0.1, -0.05) is 109 Å². The maximum atomic E-state index is 12.9. The highest BCUT2D eigenvalue weighted by Gasteiger charge is 2.67. The quantitative estimate of drug-likeness (QED) is 0.386. The molecular formula is C32H25NO. The Bertz CT molecular complexity index is 1450. The molecule has 1 N–H and O–H groups in total. The second-order valence-electron chi connectivity index (χ2n) is 9.03. The van der Waals surface area contributed by atoms with Gasteiger partial charge in [0.15, 0.2) is 5.72 Å². The fourth-order valence-corrected chi connectivity index (χ4v) is 5.82. The lowest BCUT2D eigenvalue weighted by Crippen LogP contribution is -2.56. The van der Waals surface area contributed by atoms with Crippen molar-refractivity contribution < 1.29 is 5.11 Å². The summed E-state index contributed by atoms with van der Waals surface area (Å²) in [6.07, 6.45) is 0.664. The molecule has 0 saturated heterocycles. The lowest BCUT2D eigenvalue weighted by atomic mass is 9.68. The molecule has 4 aromatic carbocycles. The first-order valence-electron chi connectivity index (χ1n) is 11.6. The third-order valence-corrected chi connectivity index (χ3v) is 7.39. The van der Waals surface area contributed by atoms with E-state index in [1.165, 1.54) is 0 Å². The first-order valence-corrected chi connectivity index (χ1v) is 11.6. The molecule has 0 bridgehead atoms. The summed E-state index contributed by atoms with van der Waals surface area (Å²) < 4.78 is 0. The monoisotopic (exact) mass is 439 g/mol. The van der Waals surface area contributed by atoms with Crippen molar-refractivity contribution in [2.24, 2.45) is 0 Å². The van der Waals surface area contributed by atoms with E-state index >= 15 is 0 Å². The van der Waals surface area contributed by atoms with Crippen LogP contribution in [0.15, 0.2) is 121 Å². The third kappa shape index (κ3) is 2.75. The smallest absolute Gasteiger partial charge is 0.186 e. The average Bonchev–Trinajstić information content (AvgIpc) is 3.28. The first kappa shape index (κ1) is 20.5. The number of rotatable bonds is 2. The minimum absolute atomic E-state index is 0.661. The van der Waals surface area contributed by atoms with Crippen LogP contribution in [-0.2, 0) is 5.41 Å². The van der Waals surface area contributed by atoms with E-state index in [9.17, 15) is 5.11 Å². The van der Waals surface area contributed by atoms with Gasteiger partial charge in [0.2, 0.25) is 0 Å². The summed E-state index contributed by atoms with van der Waals surface area (Å²) in [5.74, 6) is 6.80. The first-order chi connectivity index (χ1) is 16.7. The molecule has 2 unspecified atom stereocenters. The number of hydrogen-bond acceptors (Lipinski definition) is 2. The maximum absolute atomic E-state index is 12.9. The highest BCUT2D eigenvalue weighted by atomic mass is 16.3. The predicted octanol–water partition coefficient (Wildman–Crippen LogP) is 6.02. The Labute approximate surface area is 200 Å². The van der Waals surface area contributed by atoms with Crippen LogP contribution < -0.4 is 4.90 Å². The van der Waals surface area contributed by atoms with Crippen molar-refractivity contribution in [1.29, 1.82) is 0 Å². The number of allylic oxidation sites excluding steroid dienone is 1. The summed E-state index contributed by atoms with van der Waals surface area (Å²) in [6.45, 7) is 0. The summed E-state index contributed by atoms with van der Waals surface area (Å²) >= 11 is 0. The Morgan fingerprint density at radius 3 is 2.00 bits per heavy atom. The summed E-state index contributed by atoms with van der Waals surface area (Å²) in [5, 5.41) is 12.9. The minimum atomic E-state index is -1.31. The molecule has 0 fully saturated rings. The number of nitrogens with zero attached hydrogens (tertiary/aromatic N) is 1. The van der Waals surface area contributed by atoms with Gasteiger partial charge < -0.3 is 10.0 Å². The largest absolute Gasteiger partial charge is 0.365 e. The lowest BCUT2D eigenvalue weighted by molar-refractivity contribution is 0.0407. The molecule has 1 heterocycles. The van der Waals surface area contributed by atoms with E-state index in [1.54, 1.807) is 0 Å². The van der Waals surface area contributed by atoms with Crippen molar-refractivity contribution in [3.8, 4) is 11.8 Å². The van der Waals surface area contributed by atoms with Crippen LogP contribution in [0.4, 0.5) is 5.69 Å². The minimum Gasteiger partial charge on any atom is -0.365 e. The van der Waals surface area contributed by atoms with E-state index in [1.807, 2.05) is 60.5 Å². The van der Waals surface area contributed by atoms with E-state index in [-0.39, 0.29) is 0 Å². The Hall–Kier alpha value is -4.06. The molecule has 2 aliphatic rings. The summed E-state index contributed by atoms with van der Waals surface area (Å²) in [4.78, 5) is 2.03. The van der Waals surface area contributed by atoms with Crippen molar-refractivity contribution in [1.82, 2.24) is 0 Å². The molecule has 1 aliphatic carbocycles. The van der Waals surface area contributed by atoms with Crippen molar-refractivity contribution in [2.75, 3.05) is 11.9 Å². The molecule has 0 amide bonds. The SMILES string of the molecule is CN1c2ccccc2C2(c3ccccc3)CC(c3ccccc3)=C(C#Cc3ccccc3)C12O. The number of anilines is 1. The van der Waals surface area contributed by atoms with Crippen LogP contribution in [0.5, 0.6) is 0 Å². The zero-order valence-electron chi connectivity index (χ0n) is 19.1. The molecule has 1 aliphatic heterocycles. The fourth-order valence-electron chi connectivity index (χ4n) is 5.82. The third-order valence-electron chi connectivity index (χ3n) is 7.39. The highest BCUT2D eigenvalue weighted by Crippen LogP contribution is 2.64. The van der Waals surface area contributed by atoms with Gasteiger partial charge in [-0.2, -0.15) is 0 Å². The van der Waals surface area contributed by atoms with Gasteiger partial charge >= 0.3 is 0 Å². The molecule has 2 heteroatoms. The number of hydrogen-bond donors (Lipinski definition) is 1. The molecular weight excluding hydrogens is 414 g/mol. The number of para-hydroxylation sites is 1. The number of likely N-dealkylation sites (N-methyl/N-ethyl adjacent to an activating group) is 1. The van der Waals surface area contributed by atoms with Crippen LogP contribution in [-0.4, -0.2) is 17.9 Å². The molecule has 164 valence electrons. The Balaban J connectivity index is 1.66. The van der Waals surface area contributed by atoms with E-state index in [4.69, 9.17) is 0 Å². The summed E-state index contributed by atoms with van der Waals surface area (Å²) in [7, 11) is 1.99. The summed E-state index contributed by atoms with van der Waals surface area (Å²) in [6, 6.07) is 39.1. The fraction of sp³-hybridized carbons (Fsp3) is 0.125. The van der Waals surface area contributed by atoms with Gasteiger partial charge in [0.1, 0.15) is 0 Å². The maximum Gasteiger partial charge on any atom is 0.186 e. The second-order valence-corrected chi connectivity index (χ2v) is 9.03. The van der Waals surface area contributed by atoms with Gasteiger partial charge in [-0.3, -0.25) is 0 Å². The molecule has 6 rings (SSSR count). The predicted molar refractivity (Wildman–Crippen MR) is 138 cm³/mol. The van der Waals surface area contributed by atoms with Gasteiger partial charge in [0.25, 0.3) is 0 Å². The number of aliphatic hydroxyl groups is 1. The van der Waals surface area contributed by atoms with E-state index in [0.717, 1.165) is 39.1 Å². The van der Waals surface area contributed by atoms with Gasteiger partial charge in [0.05, 0.1) is 11.0 Å². The van der Waals surface area contributed by atoms with Crippen LogP contribution in [0.25, 0.3) is 5.57 Å². The highest BCUT2D eigenvalue weighted by molar-refractivity contribution is 5.88. The molecule has 2 nitrogen and oxygen atoms in total. The van der Waals surface area contributed by atoms with E-state index in [0.29, 0.717) is 6.42 Å². The normalized spacial score (nSPS) is 22.7. The zero-order chi connectivity index (χ0) is 23.2. The Morgan fingerprint density at radius 2 is 1.29 bits per heavy atom. The molecule has 2 atom stereocenters. The molecule has 0 aromatic heterocycles. The van der Waals surface area contributed by atoms with Crippen LogP contribution in [0.1, 0.15) is 28.7 Å². The molecule has 4 aromatic rings. The van der Waals surface area contributed by atoms with Crippen LogP contribution in [0.2, 0.25) is 0 Å². The summed E-state index contributed by atoms with van der Waals surface area (Å²) in [5.41, 5.74) is 5.19. The van der Waals surface area contributed by atoms with E-state index < -0.39 is 11.1 Å². The average molecular weight is 440 g/mol. The number of benzene rings is 4. The molecule has 0 saturated carbocycles. The Kier molecular flexibility index (Phi) is 4.69. The van der Waals surface area contributed by atoms with Gasteiger partial charge in [-0.15, -0.1) is 0 Å². The van der Waals surface area contributed by atoms with Gasteiger partial charge in [-0.25, -0.2) is 0 Å². The zero-order valence-corrected chi connectivity index (χ0v) is 19.1. The topological polar surface area (TPSA) is 23.5 Å². The van der Waals surface area contributed by atoms with Crippen molar-refractivity contribution >= 4 is 11.3 Å². The van der Waals surface area contributed by atoms with Crippen LogP contribution in [0, 0.1) is 11.8 Å². The molecule has 0 spiro atoms. The lowest BCUT2D eigenvalue weighted by Gasteiger charge is -2.42. The second kappa shape index (κ2) is 7.76. The van der Waals surface area contributed by atoms with E-state index in [2.05, 4.69) is 78.6 Å². The number of fused-ring (bicyclic) bond motifs is 3. The van der Waals surface area contributed by atoms with Crippen molar-refractivity contribution in [2.45, 2.75) is 17.6 Å². The van der Waals surface area contributed by atoms with Gasteiger partial charge in [0, 0.05) is 18.3 Å².